The molecule has 0 spiro atoms. The van der Waals surface area contributed by atoms with E-state index in [1.54, 1.807) is 72.8 Å². The smallest absolute Gasteiger partial charge is 0.409 e. The van der Waals surface area contributed by atoms with Gasteiger partial charge in [0.2, 0.25) is 0 Å². The van der Waals surface area contributed by atoms with Crippen molar-refractivity contribution >= 4 is 27.5 Å². The molecule has 0 unspecified atom stereocenters. The fourth-order valence-corrected chi connectivity index (χ4v) is 3.13. The maximum atomic E-state index is 10.8. The number of carbonyl (C=O) groups excluding carboxylic acids is 3. The van der Waals surface area contributed by atoms with Crippen molar-refractivity contribution < 1.29 is 28.0 Å². The van der Waals surface area contributed by atoms with Crippen molar-refractivity contribution in [3.8, 4) is 17.2 Å². The Morgan fingerprint density at radius 3 is 0.929 bits per heavy atom. The highest BCUT2D eigenvalue weighted by atomic mass is 31.2. The third kappa shape index (κ3) is 5.25. The van der Waals surface area contributed by atoms with Crippen LogP contribution in [0.5, 0.6) is 17.2 Å². The molecule has 3 rings (SSSR count). The Morgan fingerprint density at radius 1 is 0.464 bits per heavy atom. The van der Waals surface area contributed by atoms with Gasteiger partial charge in [-0.25, -0.2) is 0 Å². The first-order valence-corrected chi connectivity index (χ1v) is 9.29. The summed E-state index contributed by atoms with van der Waals surface area (Å²) in [6.07, 6.45) is 2.22. The largest absolute Gasteiger partial charge is 0.530 e. The van der Waals surface area contributed by atoms with Gasteiger partial charge in [0.15, 0.2) is 0 Å². The van der Waals surface area contributed by atoms with Crippen LogP contribution in [-0.2, 0) is 0 Å². The highest BCUT2D eigenvalue weighted by molar-refractivity contribution is 7.43. The normalized spacial score (nSPS) is 10.2. The topological polar surface area (TPSA) is 78.9 Å². The molecule has 0 heterocycles. The fourth-order valence-electron chi connectivity index (χ4n) is 2.14. The highest BCUT2D eigenvalue weighted by Gasteiger charge is 2.20. The van der Waals surface area contributed by atoms with Gasteiger partial charge in [0.1, 0.15) is 36.1 Å². The minimum Gasteiger partial charge on any atom is -0.409 e. The molecule has 0 radical (unpaired) electrons. The molecule has 7 heteroatoms. The first-order valence-electron chi connectivity index (χ1n) is 8.20. The zero-order valence-corrected chi connectivity index (χ0v) is 15.5. The van der Waals surface area contributed by atoms with Crippen LogP contribution in [0.1, 0.15) is 31.1 Å². The average molecular weight is 394 g/mol. The summed E-state index contributed by atoms with van der Waals surface area (Å²) in [5.41, 5.74) is 1.56. The van der Waals surface area contributed by atoms with Gasteiger partial charge in [-0.2, -0.15) is 0 Å². The summed E-state index contributed by atoms with van der Waals surface area (Å²) >= 11 is 0. The number of benzene rings is 3. The third-order valence-corrected chi connectivity index (χ3v) is 4.67. The van der Waals surface area contributed by atoms with Crippen LogP contribution in [0, 0.1) is 0 Å². The van der Waals surface area contributed by atoms with E-state index in [1.165, 1.54) is 0 Å². The van der Waals surface area contributed by atoms with Crippen LogP contribution in [0.3, 0.4) is 0 Å². The van der Waals surface area contributed by atoms with E-state index in [2.05, 4.69) is 0 Å². The van der Waals surface area contributed by atoms with Gasteiger partial charge in [0.05, 0.1) is 0 Å². The second kappa shape index (κ2) is 9.44. The van der Waals surface area contributed by atoms with Crippen LogP contribution in [0.15, 0.2) is 72.8 Å². The zero-order chi connectivity index (χ0) is 19.8. The molecule has 0 atom stereocenters. The van der Waals surface area contributed by atoms with E-state index in [9.17, 15) is 14.4 Å². The Morgan fingerprint density at radius 2 is 0.714 bits per heavy atom. The molecule has 0 N–H and O–H groups in total. The Bertz CT molecular complexity index is 809. The first kappa shape index (κ1) is 19.3. The van der Waals surface area contributed by atoms with E-state index in [0.717, 1.165) is 18.9 Å². The van der Waals surface area contributed by atoms with Crippen molar-refractivity contribution in [3.05, 3.63) is 89.5 Å². The highest BCUT2D eigenvalue weighted by Crippen LogP contribution is 2.42. The van der Waals surface area contributed by atoms with Crippen molar-refractivity contribution in [2.24, 2.45) is 0 Å². The molecular formula is C21H15O6P. The minimum absolute atomic E-state index is 0.464. The monoisotopic (exact) mass is 394 g/mol. The molecule has 0 aliphatic rings. The van der Waals surface area contributed by atoms with Crippen LogP contribution >= 0.6 is 8.60 Å². The van der Waals surface area contributed by atoms with Crippen molar-refractivity contribution in [3.63, 3.8) is 0 Å². The SMILES string of the molecule is O=Cc1ccc(OP(Oc2ccc(C=O)cc2)Oc2ccc(C=O)cc2)cc1. The fraction of sp³-hybridized carbons (Fsp3) is 0. The molecule has 0 aromatic heterocycles. The van der Waals surface area contributed by atoms with Crippen LogP contribution < -0.4 is 13.6 Å². The van der Waals surface area contributed by atoms with Gasteiger partial charge >= 0.3 is 8.60 Å². The molecule has 28 heavy (non-hydrogen) atoms. The molecule has 0 saturated carbocycles. The summed E-state index contributed by atoms with van der Waals surface area (Å²) in [7, 11) is -1.90. The van der Waals surface area contributed by atoms with E-state index in [1.807, 2.05) is 0 Å². The lowest BCUT2D eigenvalue weighted by Gasteiger charge is -2.18. The van der Waals surface area contributed by atoms with E-state index in [0.29, 0.717) is 33.9 Å². The number of rotatable bonds is 9. The number of hydrogen-bond acceptors (Lipinski definition) is 6. The Balaban J connectivity index is 1.78. The van der Waals surface area contributed by atoms with Crippen molar-refractivity contribution in [2.45, 2.75) is 0 Å². The number of hydrogen-bond donors (Lipinski definition) is 0. The van der Waals surface area contributed by atoms with Crippen LogP contribution in [0.25, 0.3) is 0 Å². The lowest BCUT2D eigenvalue weighted by molar-refractivity contribution is 0.111. The van der Waals surface area contributed by atoms with E-state index in [4.69, 9.17) is 13.6 Å². The third-order valence-electron chi connectivity index (χ3n) is 3.59. The molecule has 3 aromatic rings. The lowest BCUT2D eigenvalue weighted by atomic mass is 10.2. The van der Waals surface area contributed by atoms with E-state index >= 15 is 0 Å². The second-order valence-corrected chi connectivity index (χ2v) is 6.55. The minimum atomic E-state index is -1.90. The second-order valence-electron chi connectivity index (χ2n) is 5.56. The van der Waals surface area contributed by atoms with Gasteiger partial charge in [-0.3, -0.25) is 14.4 Å². The van der Waals surface area contributed by atoms with E-state index < -0.39 is 8.60 Å². The van der Waals surface area contributed by atoms with Gasteiger partial charge in [-0.15, -0.1) is 0 Å². The molecular weight excluding hydrogens is 379 g/mol. The number of carbonyl (C=O) groups is 3. The maximum Gasteiger partial charge on any atom is 0.530 e. The lowest BCUT2D eigenvalue weighted by Crippen LogP contribution is -2.02. The van der Waals surface area contributed by atoms with Crippen LogP contribution in [-0.4, -0.2) is 18.9 Å². The van der Waals surface area contributed by atoms with Crippen LogP contribution in [0.4, 0.5) is 0 Å². The molecule has 0 amide bonds. The number of aldehydes is 3. The molecule has 3 aromatic carbocycles. The summed E-state index contributed by atoms with van der Waals surface area (Å²) < 4.78 is 17.4. The van der Waals surface area contributed by atoms with Crippen molar-refractivity contribution in [2.75, 3.05) is 0 Å². The summed E-state index contributed by atoms with van der Waals surface area (Å²) in [6.45, 7) is 0. The summed E-state index contributed by atoms with van der Waals surface area (Å²) in [5, 5.41) is 0. The summed E-state index contributed by atoms with van der Waals surface area (Å²) in [4.78, 5) is 32.4. The molecule has 0 aliphatic heterocycles. The molecule has 0 bridgehead atoms. The Kier molecular flexibility index (Phi) is 6.50. The maximum absolute atomic E-state index is 10.8. The van der Waals surface area contributed by atoms with E-state index in [-0.39, 0.29) is 0 Å². The standard InChI is InChI=1S/C21H15O6P/c22-13-16-1-7-19(8-2-16)25-28(26-20-9-3-17(14-23)4-10-20)27-21-11-5-18(15-24)6-12-21/h1-15H. The van der Waals surface area contributed by atoms with Gasteiger partial charge in [-0.05, 0) is 72.8 Å². The molecule has 0 saturated heterocycles. The average Bonchev–Trinajstić information content (AvgIpc) is 2.75. The summed E-state index contributed by atoms with van der Waals surface area (Å²) in [5.74, 6) is 1.39. The molecule has 0 fully saturated rings. The van der Waals surface area contributed by atoms with Gasteiger partial charge < -0.3 is 13.6 Å². The van der Waals surface area contributed by atoms with Crippen LogP contribution in [0.2, 0.25) is 0 Å². The summed E-state index contributed by atoms with van der Waals surface area (Å²) in [6, 6.07) is 19.5. The predicted octanol–water partition coefficient (Wildman–Crippen LogP) is 4.89. The predicted molar refractivity (Wildman–Crippen MR) is 104 cm³/mol. The Labute approximate surface area is 162 Å². The van der Waals surface area contributed by atoms with Gasteiger partial charge in [0, 0.05) is 16.7 Å². The molecule has 6 nitrogen and oxygen atoms in total. The van der Waals surface area contributed by atoms with Crippen molar-refractivity contribution in [1.82, 2.24) is 0 Å². The van der Waals surface area contributed by atoms with Gasteiger partial charge in [0.25, 0.3) is 0 Å². The molecule has 140 valence electrons. The first-order chi connectivity index (χ1) is 13.7. The molecule has 0 aliphatic carbocycles. The quantitative estimate of drug-likeness (QED) is 0.380. The van der Waals surface area contributed by atoms with Gasteiger partial charge in [-0.1, -0.05) is 0 Å². The van der Waals surface area contributed by atoms with Crippen molar-refractivity contribution in [1.29, 1.82) is 0 Å². The Hall–Kier alpha value is -3.50. The zero-order valence-electron chi connectivity index (χ0n) is 14.6.